The number of aromatic nitrogens is 2. The summed E-state index contributed by atoms with van der Waals surface area (Å²) >= 11 is 3.39. The second-order valence-electron chi connectivity index (χ2n) is 3.28. The van der Waals surface area contributed by atoms with Crippen LogP contribution < -0.4 is 0 Å². The minimum atomic E-state index is -0.847. The van der Waals surface area contributed by atoms with Gasteiger partial charge in [-0.15, -0.1) is 0 Å². The quantitative estimate of drug-likeness (QED) is 0.906. The first-order valence-corrected chi connectivity index (χ1v) is 5.21. The average Bonchev–Trinajstić information content (AvgIpc) is 2.45. The zero-order valence-electron chi connectivity index (χ0n) is 8.07. The predicted octanol–water partition coefficient (Wildman–Crippen LogP) is 1.96. The Bertz CT molecular complexity index is 533. The van der Waals surface area contributed by atoms with Crippen LogP contribution in [-0.2, 0) is 18.3 Å². The SMILES string of the molecule is Cn1nc2c(Br)cccc2c1CC(=O)O. The van der Waals surface area contributed by atoms with Crippen molar-refractivity contribution in [3.8, 4) is 0 Å². The fourth-order valence-corrected chi connectivity index (χ4v) is 2.03. The molecular weight excluding hydrogens is 260 g/mol. The van der Waals surface area contributed by atoms with Gasteiger partial charge in [-0.3, -0.25) is 9.48 Å². The van der Waals surface area contributed by atoms with E-state index >= 15 is 0 Å². The van der Waals surface area contributed by atoms with Gasteiger partial charge in [0, 0.05) is 16.9 Å². The van der Waals surface area contributed by atoms with Gasteiger partial charge in [0.05, 0.1) is 12.1 Å². The minimum Gasteiger partial charge on any atom is -0.481 e. The van der Waals surface area contributed by atoms with Crippen LogP contribution >= 0.6 is 15.9 Å². The number of carboxylic acid groups (broad SMARTS) is 1. The van der Waals surface area contributed by atoms with Gasteiger partial charge in [-0.2, -0.15) is 5.10 Å². The first-order valence-electron chi connectivity index (χ1n) is 4.41. The number of carboxylic acids is 1. The molecule has 0 unspecified atom stereocenters. The molecule has 5 heteroatoms. The van der Waals surface area contributed by atoms with Crippen molar-refractivity contribution in [1.82, 2.24) is 9.78 Å². The maximum absolute atomic E-state index is 10.7. The second-order valence-corrected chi connectivity index (χ2v) is 4.13. The molecule has 78 valence electrons. The molecule has 0 bridgehead atoms. The highest BCUT2D eigenvalue weighted by atomic mass is 79.9. The summed E-state index contributed by atoms with van der Waals surface area (Å²) in [5.41, 5.74) is 1.52. The highest BCUT2D eigenvalue weighted by molar-refractivity contribution is 9.10. The first kappa shape index (κ1) is 10.2. The van der Waals surface area contributed by atoms with Gasteiger partial charge in [-0.25, -0.2) is 0 Å². The molecule has 0 saturated carbocycles. The summed E-state index contributed by atoms with van der Waals surface area (Å²) in [5, 5.41) is 13.9. The van der Waals surface area contributed by atoms with E-state index in [1.54, 1.807) is 11.7 Å². The van der Waals surface area contributed by atoms with Gasteiger partial charge in [0.2, 0.25) is 0 Å². The highest BCUT2D eigenvalue weighted by Gasteiger charge is 2.13. The van der Waals surface area contributed by atoms with Gasteiger partial charge in [0.15, 0.2) is 0 Å². The molecule has 1 aromatic carbocycles. The summed E-state index contributed by atoms with van der Waals surface area (Å²) < 4.78 is 2.50. The third-order valence-corrected chi connectivity index (χ3v) is 2.90. The van der Waals surface area contributed by atoms with E-state index in [0.29, 0.717) is 0 Å². The number of aryl methyl sites for hydroxylation is 1. The van der Waals surface area contributed by atoms with Crippen LogP contribution in [0.15, 0.2) is 22.7 Å². The number of nitrogens with zero attached hydrogens (tertiary/aromatic N) is 2. The standard InChI is InChI=1S/C10H9BrN2O2/c1-13-8(5-9(14)15)6-3-2-4-7(11)10(6)12-13/h2-4H,5H2,1H3,(H,14,15). The van der Waals surface area contributed by atoms with Crippen LogP contribution in [0.5, 0.6) is 0 Å². The lowest BCUT2D eigenvalue weighted by molar-refractivity contribution is -0.136. The van der Waals surface area contributed by atoms with Crippen LogP contribution in [0, 0.1) is 0 Å². The Balaban J connectivity index is 2.68. The van der Waals surface area contributed by atoms with E-state index in [9.17, 15) is 4.79 Å². The number of fused-ring (bicyclic) bond motifs is 1. The van der Waals surface area contributed by atoms with E-state index in [-0.39, 0.29) is 6.42 Å². The molecule has 0 aliphatic heterocycles. The van der Waals surface area contributed by atoms with Gasteiger partial charge < -0.3 is 5.11 Å². The maximum atomic E-state index is 10.7. The van der Waals surface area contributed by atoms with E-state index in [4.69, 9.17) is 5.11 Å². The summed E-state index contributed by atoms with van der Waals surface area (Å²) in [7, 11) is 1.75. The summed E-state index contributed by atoms with van der Waals surface area (Å²) in [6.07, 6.45) is -0.0105. The number of aliphatic carboxylic acids is 1. The molecule has 2 aromatic rings. The lowest BCUT2D eigenvalue weighted by Crippen LogP contribution is -2.06. The van der Waals surface area contributed by atoms with Gasteiger partial charge in [-0.1, -0.05) is 12.1 Å². The molecule has 0 atom stereocenters. The van der Waals surface area contributed by atoms with Crippen LogP contribution in [0.25, 0.3) is 10.9 Å². The summed E-state index contributed by atoms with van der Waals surface area (Å²) in [5.74, 6) is -0.847. The molecule has 0 saturated heterocycles. The zero-order chi connectivity index (χ0) is 11.0. The fraction of sp³-hybridized carbons (Fsp3) is 0.200. The Morgan fingerprint density at radius 1 is 1.60 bits per heavy atom. The number of halogens is 1. The maximum Gasteiger partial charge on any atom is 0.309 e. The number of carbonyl (C=O) groups is 1. The predicted molar refractivity (Wildman–Crippen MR) is 59.8 cm³/mol. The Hall–Kier alpha value is -1.36. The summed E-state index contributed by atoms with van der Waals surface area (Å²) in [6, 6.07) is 5.64. The zero-order valence-corrected chi connectivity index (χ0v) is 9.65. The smallest absolute Gasteiger partial charge is 0.309 e. The Kier molecular flexibility index (Phi) is 2.48. The number of hydrogen-bond donors (Lipinski definition) is 1. The van der Waals surface area contributed by atoms with Crippen LogP contribution in [0.1, 0.15) is 5.69 Å². The van der Waals surface area contributed by atoms with Crippen molar-refractivity contribution < 1.29 is 9.90 Å². The second kappa shape index (κ2) is 3.66. The van der Waals surface area contributed by atoms with E-state index < -0.39 is 5.97 Å². The van der Waals surface area contributed by atoms with E-state index in [1.165, 1.54) is 0 Å². The van der Waals surface area contributed by atoms with Gasteiger partial charge in [0.1, 0.15) is 5.52 Å². The third-order valence-electron chi connectivity index (χ3n) is 2.26. The molecule has 0 radical (unpaired) electrons. The molecular formula is C10H9BrN2O2. The topological polar surface area (TPSA) is 55.1 Å². The number of benzene rings is 1. The molecule has 15 heavy (non-hydrogen) atoms. The largest absolute Gasteiger partial charge is 0.481 e. The lowest BCUT2D eigenvalue weighted by atomic mass is 10.2. The van der Waals surface area contributed by atoms with Crippen LogP contribution in [0.4, 0.5) is 0 Å². The van der Waals surface area contributed by atoms with Crippen molar-refractivity contribution >= 4 is 32.8 Å². The highest BCUT2D eigenvalue weighted by Crippen LogP contribution is 2.25. The summed E-state index contributed by atoms with van der Waals surface area (Å²) in [6.45, 7) is 0. The van der Waals surface area contributed by atoms with E-state index in [1.807, 2.05) is 18.2 Å². The van der Waals surface area contributed by atoms with Crippen molar-refractivity contribution in [2.45, 2.75) is 6.42 Å². The number of rotatable bonds is 2. The van der Waals surface area contributed by atoms with Crippen LogP contribution in [-0.4, -0.2) is 20.9 Å². The molecule has 1 aromatic heterocycles. The average molecular weight is 269 g/mol. The Morgan fingerprint density at radius 3 is 3.00 bits per heavy atom. The Labute approximate surface area is 94.6 Å². The van der Waals surface area contributed by atoms with Crippen molar-refractivity contribution in [2.24, 2.45) is 7.05 Å². The summed E-state index contributed by atoms with van der Waals surface area (Å²) in [4.78, 5) is 10.7. The van der Waals surface area contributed by atoms with Gasteiger partial charge in [-0.05, 0) is 22.0 Å². The molecule has 1 heterocycles. The van der Waals surface area contributed by atoms with Crippen LogP contribution in [0.3, 0.4) is 0 Å². The molecule has 0 fully saturated rings. The van der Waals surface area contributed by atoms with E-state index in [2.05, 4.69) is 21.0 Å². The van der Waals surface area contributed by atoms with Gasteiger partial charge >= 0.3 is 5.97 Å². The number of hydrogen-bond acceptors (Lipinski definition) is 2. The van der Waals surface area contributed by atoms with E-state index in [0.717, 1.165) is 21.1 Å². The Morgan fingerprint density at radius 2 is 2.33 bits per heavy atom. The van der Waals surface area contributed by atoms with Gasteiger partial charge in [0.25, 0.3) is 0 Å². The molecule has 1 N–H and O–H groups in total. The monoisotopic (exact) mass is 268 g/mol. The van der Waals surface area contributed by atoms with Crippen molar-refractivity contribution in [2.75, 3.05) is 0 Å². The van der Waals surface area contributed by atoms with Crippen molar-refractivity contribution in [3.63, 3.8) is 0 Å². The molecule has 0 aliphatic rings. The molecule has 4 nitrogen and oxygen atoms in total. The van der Waals surface area contributed by atoms with Crippen molar-refractivity contribution in [3.05, 3.63) is 28.4 Å². The fourth-order valence-electron chi connectivity index (χ4n) is 1.59. The van der Waals surface area contributed by atoms with Crippen LogP contribution in [0.2, 0.25) is 0 Å². The molecule has 0 aliphatic carbocycles. The first-order chi connectivity index (χ1) is 7.09. The molecule has 0 spiro atoms. The molecule has 2 rings (SSSR count). The minimum absolute atomic E-state index is 0.0105. The normalized spacial score (nSPS) is 10.8. The molecule has 0 amide bonds. The van der Waals surface area contributed by atoms with Crippen molar-refractivity contribution in [1.29, 1.82) is 0 Å². The third kappa shape index (κ3) is 1.74. The lowest BCUT2D eigenvalue weighted by Gasteiger charge is -1.97.